The first-order valence-electron chi connectivity index (χ1n) is 8.07. The minimum atomic E-state index is -0.0145. The summed E-state index contributed by atoms with van der Waals surface area (Å²) in [4.78, 5) is 7.93. The lowest BCUT2D eigenvalue weighted by Crippen LogP contribution is -2.62. The van der Waals surface area contributed by atoms with Gasteiger partial charge in [-0.1, -0.05) is 6.08 Å². The van der Waals surface area contributed by atoms with Gasteiger partial charge in [-0.15, -0.1) is 0 Å². The Morgan fingerprint density at radius 1 is 1.36 bits per heavy atom. The van der Waals surface area contributed by atoms with E-state index in [1.807, 2.05) is 5.06 Å². The van der Waals surface area contributed by atoms with Crippen molar-refractivity contribution < 1.29 is 4.84 Å². The largest absolute Gasteiger partial charge is 0.376 e. The molecule has 0 aromatic rings. The van der Waals surface area contributed by atoms with Crippen LogP contribution in [0.2, 0.25) is 0 Å². The lowest BCUT2D eigenvalue weighted by atomic mass is 9.87. The van der Waals surface area contributed by atoms with Gasteiger partial charge in [0.25, 0.3) is 0 Å². The molecule has 1 saturated heterocycles. The van der Waals surface area contributed by atoms with Crippen LogP contribution in [-0.2, 0) is 4.84 Å². The van der Waals surface area contributed by atoms with Gasteiger partial charge in [-0.05, 0) is 48.1 Å². The molecule has 0 saturated carbocycles. The number of likely N-dealkylation sites (N-methyl/N-ethyl adjacent to an activating group) is 1. The van der Waals surface area contributed by atoms with Crippen LogP contribution in [-0.4, -0.2) is 43.0 Å². The van der Waals surface area contributed by atoms with Crippen molar-refractivity contribution in [2.75, 3.05) is 20.7 Å². The zero-order valence-corrected chi connectivity index (χ0v) is 13.2. The fourth-order valence-corrected chi connectivity index (χ4v) is 4.03. The normalized spacial score (nSPS) is 33.9. The second kappa shape index (κ2) is 5.26. The summed E-state index contributed by atoms with van der Waals surface area (Å²) in [5, 5.41) is 5.56. The van der Waals surface area contributed by atoms with Gasteiger partial charge in [0.2, 0.25) is 0 Å². The van der Waals surface area contributed by atoms with Crippen molar-refractivity contribution in [2.24, 2.45) is 11.7 Å². The van der Waals surface area contributed by atoms with Gasteiger partial charge in [0.1, 0.15) is 6.17 Å². The van der Waals surface area contributed by atoms with Crippen LogP contribution in [0.3, 0.4) is 0 Å². The van der Waals surface area contributed by atoms with Gasteiger partial charge in [-0.3, -0.25) is 10.2 Å². The molecule has 118 valence electrons. The molecule has 0 spiro atoms. The number of hydrogen-bond donors (Lipinski definition) is 2. The summed E-state index contributed by atoms with van der Waals surface area (Å²) in [5.74, 6) is 0.351. The Morgan fingerprint density at radius 2 is 2.23 bits per heavy atom. The van der Waals surface area contributed by atoms with E-state index in [2.05, 4.69) is 41.7 Å². The molecule has 4 aliphatic rings. The zero-order valence-electron chi connectivity index (χ0n) is 13.2. The van der Waals surface area contributed by atoms with Crippen LogP contribution in [0.5, 0.6) is 0 Å². The van der Waals surface area contributed by atoms with Crippen molar-refractivity contribution in [3.8, 4) is 0 Å². The molecule has 0 bridgehead atoms. The van der Waals surface area contributed by atoms with Crippen molar-refractivity contribution in [3.63, 3.8) is 0 Å². The van der Waals surface area contributed by atoms with Crippen LogP contribution in [0.4, 0.5) is 0 Å². The molecule has 0 aromatic heterocycles. The summed E-state index contributed by atoms with van der Waals surface area (Å²) in [6, 6.07) is 0. The fourth-order valence-electron chi connectivity index (χ4n) is 4.03. The number of allylic oxidation sites excluding steroid dienone is 2. The molecule has 1 fully saturated rings. The van der Waals surface area contributed by atoms with E-state index in [0.29, 0.717) is 5.92 Å². The second-order valence-corrected chi connectivity index (χ2v) is 6.58. The Morgan fingerprint density at radius 3 is 3.00 bits per heavy atom. The molecule has 3 atom stereocenters. The summed E-state index contributed by atoms with van der Waals surface area (Å²) in [6.45, 7) is 0.979. The maximum Gasteiger partial charge on any atom is 0.133 e. The first-order chi connectivity index (χ1) is 10.7. The monoisotopic (exact) mass is 300 g/mol. The van der Waals surface area contributed by atoms with E-state index in [1.165, 1.54) is 28.8 Å². The molecule has 3 unspecified atom stereocenters. The number of nitrogens with zero attached hydrogens (tertiary/aromatic N) is 2. The SMILES string of the molecule is CON1C2=CCCCC2C(N)NC1C1=CC2=CN(C)CC2=C1. The molecule has 4 rings (SSSR count). The van der Waals surface area contributed by atoms with Gasteiger partial charge >= 0.3 is 0 Å². The first kappa shape index (κ1) is 14.1. The summed E-state index contributed by atoms with van der Waals surface area (Å²) in [6.07, 6.45) is 12.4. The topological polar surface area (TPSA) is 53.8 Å². The third-order valence-corrected chi connectivity index (χ3v) is 5.05. The highest BCUT2D eigenvalue weighted by molar-refractivity contribution is 5.57. The quantitative estimate of drug-likeness (QED) is 0.808. The highest BCUT2D eigenvalue weighted by Crippen LogP contribution is 2.38. The Balaban J connectivity index is 1.66. The number of nitrogens with two attached hydrogens (primary N) is 1. The molecule has 5 heteroatoms. The minimum Gasteiger partial charge on any atom is -0.376 e. The Labute approximate surface area is 131 Å². The van der Waals surface area contributed by atoms with Gasteiger partial charge in [0.05, 0.1) is 13.3 Å². The van der Waals surface area contributed by atoms with Gasteiger partial charge < -0.3 is 10.6 Å². The van der Waals surface area contributed by atoms with E-state index in [-0.39, 0.29) is 12.3 Å². The van der Waals surface area contributed by atoms with Crippen LogP contribution >= 0.6 is 0 Å². The van der Waals surface area contributed by atoms with Crippen LogP contribution in [0.25, 0.3) is 0 Å². The molecule has 5 nitrogen and oxygen atoms in total. The predicted molar refractivity (Wildman–Crippen MR) is 86.1 cm³/mol. The van der Waals surface area contributed by atoms with E-state index < -0.39 is 0 Å². The van der Waals surface area contributed by atoms with E-state index in [0.717, 1.165) is 19.4 Å². The lowest BCUT2D eigenvalue weighted by Gasteiger charge is -2.46. The number of hydroxylamine groups is 2. The molecule has 2 aliphatic heterocycles. The highest BCUT2D eigenvalue weighted by Gasteiger charge is 2.40. The number of rotatable bonds is 2. The van der Waals surface area contributed by atoms with Crippen molar-refractivity contribution in [3.05, 3.63) is 46.8 Å². The average Bonchev–Trinajstić information content (AvgIpc) is 3.04. The number of nitrogens with one attached hydrogen (secondary N) is 1. The van der Waals surface area contributed by atoms with Gasteiger partial charge in [-0.2, -0.15) is 0 Å². The predicted octanol–water partition coefficient (Wildman–Crippen LogP) is 1.44. The number of hydrogen-bond acceptors (Lipinski definition) is 5. The number of fused-ring (bicyclic) bond motifs is 2. The molecular formula is C17H24N4O. The third kappa shape index (κ3) is 2.12. The molecule has 2 aliphatic carbocycles. The highest BCUT2D eigenvalue weighted by atomic mass is 16.7. The standard InChI is InChI=1S/C17H24N4O/c1-20-9-12-7-11(8-13(12)10-20)17-19-16(18)14-5-3-4-6-15(14)21(17)22-2/h6-9,14,16-17,19H,3-5,10,18H2,1-2H3. The van der Waals surface area contributed by atoms with Crippen molar-refractivity contribution in [1.82, 2.24) is 15.3 Å². The van der Waals surface area contributed by atoms with E-state index in [9.17, 15) is 0 Å². The van der Waals surface area contributed by atoms with Crippen LogP contribution < -0.4 is 11.1 Å². The summed E-state index contributed by atoms with van der Waals surface area (Å²) >= 11 is 0. The van der Waals surface area contributed by atoms with Crippen molar-refractivity contribution in [1.29, 1.82) is 0 Å². The van der Waals surface area contributed by atoms with Gasteiger partial charge in [0, 0.05) is 31.4 Å². The second-order valence-electron chi connectivity index (χ2n) is 6.58. The summed E-state index contributed by atoms with van der Waals surface area (Å²) < 4.78 is 0. The van der Waals surface area contributed by atoms with E-state index in [1.54, 1.807) is 7.11 Å². The van der Waals surface area contributed by atoms with Crippen LogP contribution in [0.15, 0.2) is 46.8 Å². The Bertz CT molecular complexity index is 604. The molecule has 3 N–H and O–H groups in total. The maximum absolute atomic E-state index is 6.40. The smallest absolute Gasteiger partial charge is 0.133 e. The van der Waals surface area contributed by atoms with Crippen LogP contribution in [0.1, 0.15) is 19.3 Å². The van der Waals surface area contributed by atoms with Crippen molar-refractivity contribution >= 4 is 0 Å². The lowest BCUT2D eigenvalue weighted by molar-refractivity contribution is -0.157. The molecule has 22 heavy (non-hydrogen) atoms. The molecular weight excluding hydrogens is 276 g/mol. The molecule has 0 aromatic carbocycles. The van der Waals surface area contributed by atoms with Gasteiger partial charge in [-0.25, -0.2) is 5.06 Å². The summed E-state index contributed by atoms with van der Waals surface area (Å²) in [7, 11) is 3.85. The Hall–Kier alpha value is -1.56. The average molecular weight is 300 g/mol. The first-order valence-corrected chi connectivity index (χ1v) is 8.07. The fraction of sp³-hybridized carbons (Fsp3) is 0.529. The summed E-state index contributed by atoms with van der Waals surface area (Å²) in [5.41, 5.74) is 11.6. The molecule has 0 radical (unpaired) electrons. The maximum atomic E-state index is 6.40. The molecule has 2 heterocycles. The van der Waals surface area contributed by atoms with E-state index in [4.69, 9.17) is 10.6 Å². The van der Waals surface area contributed by atoms with Crippen molar-refractivity contribution in [2.45, 2.75) is 31.6 Å². The minimum absolute atomic E-state index is 0.00935. The third-order valence-electron chi connectivity index (χ3n) is 5.05. The zero-order chi connectivity index (χ0) is 15.3. The Kier molecular flexibility index (Phi) is 3.36. The van der Waals surface area contributed by atoms with Gasteiger partial charge in [0.15, 0.2) is 0 Å². The molecule has 0 amide bonds. The van der Waals surface area contributed by atoms with E-state index >= 15 is 0 Å². The van der Waals surface area contributed by atoms with Crippen LogP contribution in [0, 0.1) is 5.92 Å².